The fraction of sp³-hybridized carbons (Fsp3) is 0.636. The molecule has 2 aromatic rings. The van der Waals surface area contributed by atoms with Crippen LogP contribution >= 0.6 is 11.3 Å². The lowest BCUT2D eigenvalue weighted by atomic mass is 9.81. The van der Waals surface area contributed by atoms with E-state index in [1.165, 1.54) is 6.92 Å². The van der Waals surface area contributed by atoms with Crippen LogP contribution in [0, 0.1) is 29.6 Å². The number of carbonyl (C=O) groups excluding carboxylic acids is 8. The number of nitrogens with one attached hydrogen (secondary N) is 2. The topological polar surface area (TPSA) is 256 Å². The zero-order valence-corrected chi connectivity index (χ0v) is 45.7. The van der Waals surface area contributed by atoms with Gasteiger partial charge in [-0.2, -0.15) is 0 Å². The van der Waals surface area contributed by atoms with E-state index in [0.29, 0.717) is 55.3 Å². The van der Waals surface area contributed by atoms with Crippen molar-refractivity contribution in [3.05, 3.63) is 63.6 Å². The summed E-state index contributed by atoms with van der Waals surface area (Å²) in [6.45, 7) is 16.5. The molecule has 2 aliphatic heterocycles. The molecule has 3 heterocycles. The largest absolute Gasteiger partial charge is 0.481 e. The molecule has 4 rings (SSSR count). The fourth-order valence-corrected chi connectivity index (χ4v) is 10.6. The zero-order valence-electron chi connectivity index (χ0n) is 44.9. The van der Waals surface area contributed by atoms with Crippen molar-refractivity contribution in [3.63, 3.8) is 0 Å². The Kier molecular flexibility index (Phi) is 24.2. The molecule has 2 aliphatic rings. The highest BCUT2D eigenvalue weighted by atomic mass is 32.1. The Labute approximate surface area is 441 Å². The summed E-state index contributed by atoms with van der Waals surface area (Å²) < 4.78 is 5.88. The minimum atomic E-state index is -1.03. The number of carboxylic acids is 1. The lowest BCUT2D eigenvalue weighted by Crippen LogP contribution is -2.50. The highest BCUT2D eigenvalue weighted by Crippen LogP contribution is 2.34. The summed E-state index contributed by atoms with van der Waals surface area (Å²) in [5.41, 5.74) is 7.16. The average Bonchev–Trinajstić information content (AvgIpc) is 3.98. The number of unbranched alkanes of at least 4 members (excludes halogenated alkanes) is 1. The van der Waals surface area contributed by atoms with Gasteiger partial charge in [-0.05, 0) is 101 Å². The van der Waals surface area contributed by atoms with E-state index >= 15 is 0 Å². The molecule has 18 nitrogen and oxygen atoms in total. The second-order valence-electron chi connectivity index (χ2n) is 20.8. The summed E-state index contributed by atoms with van der Waals surface area (Å²) in [4.78, 5) is 127. The summed E-state index contributed by atoms with van der Waals surface area (Å²) in [6.07, 6.45) is 6.01. The number of rotatable bonds is 31. The Morgan fingerprint density at radius 2 is 1.62 bits per heavy atom. The number of aromatic nitrogens is 1. The van der Waals surface area contributed by atoms with Gasteiger partial charge in [0.2, 0.25) is 11.8 Å². The predicted molar refractivity (Wildman–Crippen MR) is 281 cm³/mol. The number of carboxylic acid groups (broad SMARTS) is 1. The number of ether oxygens (including phenoxy) is 1. The molecule has 0 unspecified atom stereocenters. The molecule has 1 fully saturated rings. The van der Waals surface area contributed by atoms with Gasteiger partial charge in [-0.15, -0.1) is 11.3 Å². The van der Waals surface area contributed by atoms with Crippen LogP contribution in [-0.2, 0) is 55.9 Å². The number of benzene rings is 1. The van der Waals surface area contributed by atoms with E-state index in [-0.39, 0.29) is 86.1 Å². The molecular formula is C55H81N7O11S. The predicted octanol–water partition coefficient (Wildman–Crippen LogP) is 5.85. The lowest BCUT2D eigenvalue weighted by Gasteiger charge is -2.39. The van der Waals surface area contributed by atoms with Gasteiger partial charge in [0.05, 0.1) is 18.0 Å². The van der Waals surface area contributed by atoms with Crippen LogP contribution in [0.25, 0.3) is 0 Å². The van der Waals surface area contributed by atoms with Crippen LogP contribution in [0.1, 0.15) is 152 Å². The summed E-state index contributed by atoms with van der Waals surface area (Å²) in [7, 11) is 1.97. The van der Waals surface area contributed by atoms with Crippen LogP contribution < -0.4 is 16.4 Å². The van der Waals surface area contributed by atoms with Crippen LogP contribution in [-0.4, -0.2) is 135 Å². The van der Waals surface area contributed by atoms with E-state index in [1.807, 2.05) is 46.6 Å². The van der Waals surface area contributed by atoms with Gasteiger partial charge in [0.1, 0.15) is 10.7 Å². The molecule has 1 saturated heterocycles. The monoisotopic (exact) mass is 1050 g/mol. The van der Waals surface area contributed by atoms with Crippen molar-refractivity contribution < 1.29 is 53.0 Å². The molecule has 0 bridgehead atoms. The van der Waals surface area contributed by atoms with Crippen LogP contribution in [0.5, 0.6) is 0 Å². The number of Topliss-reactive ketones (excluding diaryl/α,β-unsaturated/α-hetero) is 2. The molecule has 19 heteroatoms. The number of esters is 1. The lowest BCUT2D eigenvalue weighted by molar-refractivity contribution is -0.150. The van der Waals surface area contributed by atoms with Gasteiger partial charge in [-0.25, -0.2) is 4.98 Å². The van der Waals surface area contributed by atoms with Gasteiger partial charge in [0.25, 0.3) is 17.7 Å². The number of piperidine rings is 1. The highest BCUT2D eigenvalue weighted by molar-refractivity contribution is 7.09. The molecule has 5 amide bonds. The number of aliphatic carboxylic acids is 1. The van der Waals surface area contributed by atoms with Crippen LogP contribution in [0.3, 0.4) is 0 Å². The minimum absolute atomic E-state index is 0.000303. The molecule has 0 radical (unpaired) electrons. The second kappa shape index (κ2) is 29.4. The third-order valence-corrected chi connectivity index (χ3v) is 15.5. The summed E-state index contributed by atoms with van der Waals surface area (Å²) in [6, 6.07) is 5.02. The van der Waals surface area contributed by atoms with Crippen LogP contribution in [0.15, 0.2) is 41.8 Å². The van der Waals surface area contributed by atoms with Gasteiger partial charge in [-0.3, -0.25) is 53.0 Å². The van der Waals surface area contributed by atoms with Gasteiger partial charge in [-0.1, -0.05) is 72.2 Å². The van der Waals surface area contributed by atoms with Crippen molar-refractivity contribution in [2.45, 2.75) is 163 Å². The van der Waals surface area contributed by atoms with E-state index in [4.69, 9.17) is 10.5 Å². The molecule has 0 saturated carbocycles. The van der Waals surface area contributed by atoms with Crippen molar-refractivity contribution in [2.24, 2.45) is 35.3 Å². The van der Waals surface area contributed by atoms with Crippen molar-refractivity contribution in [1.82, 2.24) is 30.3 Å². The van der Waals surface area contributed by atoms with Crippen molar-refractivity contribution in [1.29, 1.82) is 0 Å². The number of hydrogen-bond donors (Lipinski definition) is 4. The Balaban J connectivity index is 1.48. The molecule has 0 spiro atoms. The van der Waals surface area contributed by atoms with E-state index in [1.54, 1.807) is 36.6 Å². The normalized spacial score (nSPS) is 18.8. The number of likely N-dealkylation sites (N-methyl/N-ethyl adjacent to an activating group) is 1. The molecular weight excluding hydrogens is 967 g/mol. The van der Waals surface area contributed by atoms with Crippen molar-refractivity contribution in [3.8, 4) is 0 Å². The number of nitrogens with zero attached hydrogens (tertiary/aromatic N) is 4. The number of amides is 5. The first-order chi connectivity index (χ1) is 35.1. The van der Waals surface area contributed by atoms with E-state index in [2.05, 4.69) is 27.4 Å². The number of nitrogens with two attached hydrogens (primary N) is 1. The standard InChI is InChI=1S/C55H81N7O11S/c1-10-35(6)41(30-47(65)45-26-34(5)21-24-60(45)9)54(70)61(11-2)44(33(3)4)31-48(73-37(8)63)53-59-43(32-74-53)52(69)57-40(27-36(7)55(71)72)28-38-15-17-39(18-16-38)29-46(64)42(14-12-13-23-56)58-49(66)22-25-62-50(67)19-20-51(62)68/h15-20,32-36,40-42,44-45,48H,10-14,21-31,56H2,1-9H3,(H,57,69)(H,58,66)(H,71,72)/t34-,35+,36+,40-,41+,42+,44-,45-,48-/m1/s1. The number of ketones is 2. The fourth-order valence-electron chi connectivity index (χ4n) is 9.81. The number of thiazole rings is 1. The van der Waals surface area contributed by atoms with Gasteiger partial charge in [0.15, 0.2) is 17.7 Å². The molecule has 9 atom stereocenters. The SMILES string of the molecule is CC[C@H](C)[C@H](CC(=O)[C@H]1C[C@H](C)CCN1C)C(=O)N(CC)[C@H](C[C@@H](OC(C)=O)c1nc(C(=O)N[C@@H](Cc2ccc(CC(=O)[C@H](CCCCN)NC(=O)CCN3C(=O)C=CC3=O)cc2)C[C@H](C)C(=O)O)cs1)C(C)C. The smallest absolute Gasteiger partial charge is 0.306 e. The van der Waals surface area contributed by atoms with Gasteiger partial charge >= 0.3 is 11.9 Å². The Morgan fingerprint density at radius 1 is 0.959 bits per heavy atom. The first-order valence-corrected chi connectivity index (χ1v) is 27.3. The average molecular weight is 1050 g/mol. The summed E-state index contributed by atoms with van der Waals surface area (Å²) >= 11 is 1.14. The van der Waals surface area contributed by atoms with Gasteiger partial charge < -0.3 is 31.1 Å². The third kappa shape index (κ3) is 18.0. The number of carbonyl (C=O) groups is 9. The maximum absolute atomic E-state index is 14.7. The molecule has 0 aliphatic carbocycles. The number of likely N-dealkylation sites (tertiary alicyclic amines) is 1. The first-order valence-electron chi connectivity index (χ1n) is 26.4. The molecule has 1 aromatic heterocycles. The van der Waals surface area contributed by atoms with Crippen LogP contribution in [0.2, 0.25) is 0 Å². The quantitative estimate of drug-likeness (QED) is 0.0393. The Hall–Kier alpha value is -5.66. The van der Waals surface area contributed by atoms with Gasteiger partial charge in [0, 0.05) is 81.2 Å². The maximum atomic E-state index is 14.7. The van der Waals surface area contributed by atoms with E-state index in [0.717, 1.165) is 53.3 Å². The summed E-state index contributed by atoms with van der Waals surface area (Å²) in [5, 5.41) is 17.5. The Bertz CT molecular complexity index is 2280. The maximum Gasteiger partial charge on any atom is 0.306 e. The molecule has 408 valence electrons. The minimum Gasteiger partial charge on any atom is -0.481 e. The number of imide groups is 1. The Morgan fingerprint density at radius 3 is 2.22 bits per heavy atom. The van der Waals surface area contributed by atoms with Crippen LogP contribution in [0.4, 0.5) is 0 Å². The molecule has 5 N–H and O–H groups in total. The van der Waals surface area contributed by atoms with E-state index in [9.17, 15) is 48.3 Å². The molecule has 74 heavy (non-hydrogen) atoms. The van der Waals surface area contributed by atoms with Crippen molar-refractivity contribution >= 4 is 64.4 Å². The molecule has 1 aromatic carbocycles. The summed E-state index contributed by atoms with van der Waals surface area (Å²) in [5.74, 6) is -4.94. The zero-order chi connectivity index (χ0) is 54.8. The first kappa shape index (κ1) is 60.9. The van der Waals surface area contributed by atoms with E-state index < -0.39 is 71.6 Å². The number of hydrogen-bond acceptors (Lipinski definition) is 14. The third-order valence-electron chi connectivity index (χ3n) is 14.6. The highest BCUT2D eigenvalue weighted by Gasteiger charge is 2.39. The second-order valence-corrected chi connectivity index (χ2v) is 21.6. The van der Waals surface area contributed by atoms with Crippen molar-refractivity contribution in [2.75, 3.05) is 33.2 Å².